The standard InChI is InChI=1S/C17H20ClNO3/c1-5-14(16(21)22-17(2,3)4)19-9-8-11-6-7-12(18)10-13(11)15(19)20/h6-10,14H,5H2,1-4H3/t14-/m0/s1. The number of benzene rings is 1. The zero-order chi connectivity index (χ0) is 16.5. The molecule has 1 aromatic carbocycles. The van der Waals surface area contributed by atoms with Gasteiger partial charge in [-0.1, -0.05) is 24.6 Å². The number of carbonyl (C=O) groups is 1. The topological polar surface area (TPSA) is 48.3 Å². The fraction of sp³-hybridized carbons (Fsp3) is 0.412. The first kappa shape index (κ1) is 16.6. The molecule has 1 heterocycles. The summed E-state index contributed by atoms with van der Waals surface area (Å²) in [6.07, 6.45) is 2.11. The van der Waals surface area contributed by atoms with Gasteiger partial charge < -0.3 is 9.30 Å². The number of hydrogen-bond acceptors (Lipinski definition) is 3. The quantitative estimate of drug-likeness (QED) is 0.804. The molecule has 0 radical (unpaired) electrons. The maximum absolute atomic E-state index is 12.6. The second kappa shape index (κ2) is 6.13. The summed E-state index contributed by atoms with van der Waals surface area (Å²) in [4.78, 5) is 25.0. The Balaban J connectivity index is 2.50. The zero-order valence-electron chi connectivity index (χ0n) is 13.2. The minimum atomic E-state index is -0.643. The van der Waals surface area contributed by atoms with Gasteiger partial charge in [0.05, 0.1) is 0 Å². The van der Waals surface area contributed by atoms with E-state index >= 15 is 0 Å². The van der Waals surface area contributed by atoms with E-state index in [1.807, 2.05) is 6.92 Å². The van der Waals surface area contributed by atoms with Crippen molar-refractivity contribution in [3.05, 3.63) is 45.8 Å². The molecule has 4 nitrogen and oxygen atoms in total. The fourth-order valence-corrected chi connectivity index (χ4v) is 2.49. The molecule has 1 atom stereocenters. The van der Waals surface area contributed by atoms with Crippen LogP contribution in [-0.2, 0) is 9.53 Å². The molecule has 0 amide bonds. The van der Waals surface area contributed by atoms with Crippen molar-refractivity contribution >= 4 is 28.3 Å². The molecule has 0 saturated carbocycles. The van der Waals surface area contributed by atoms with Crippen molar-refractivity contribution in [1.82, 2.24) is 4.57 Å². The number of esters is 1. The lowest BCUT2D eigenvalue weighted by Gasteiger charge is -2.24. The van der Waals surface area contributed by atoms with E-state index in [2.05, 4.69) is 0 Å². The SMILES string of the molecule is CC[C@@H](C(=O)OC(C)(C)C)n1ccc2ccc(Cl)cc2c1=O. The largest absolute Gasteiger partial charge is 0.458 e. The number of nitrogens with zero attached hydrogens (tertiary/aromatic N) is 1. The zero-order valence-corrected chi connectivity index (χ0v) is 14.0. The van der Waals surface area contributed by atoms with Gasteiger partial charge in [0.15, 0.2) is 0 Å². The summed E-state index contributed by atoms with van der Waals surface area (Å²) >= 11 is 5.97. The molecule has 0 aliphatic carbocycles. The van der Waals surface area contributed by atoms with Crippen LogP contribution in [0.2, 0.25) is 5.02 Å². The van der Waals surface area contributed by atoms with Crippen molar-refractivity contribution in [3.8, 4) is 0 Å². The maximum atomic E-state index is 12.6. The van der Waals surface area contributed by atoms with Gasteiger partial charge in [-0.05, 0) is 50.8 Å². The highest BCUT2D eigenvalue weighted by atomic mass is 35.5. The summed E-state index contributed by atoms with van der Waals surface area (Å²) < 4.78 is 6.83. The average Bonchev–Trinajstić information content (AvgIpc) is 2.40. The van der Waals surface area contributed by atoms with E-state index in [1.54, 1.807) is 51.2 Å². The minimum absolute atomic E-state index is 0.238. The van der Waals surface area contributed by atoms with Crippen LogP contribution in [0, 0.1) is 0 Å². The van der Waals surface area contributed by atoms with E-state index in [1.165, 1.54) is 4.57 Å². The molecule has 0 spiro atoms. The van der Waals surface area contributed by atoms with E-state index in [4.69, 9.17) is 16.3 Å². The van der Waals surface area contributed by atoms with Crippen molar-refractivity contribution in [2.45, 2.75) is 45.8 Å². The van der Waals surface area contributed by atoms with E-state index in [-0.39, 0.29) is 5.56 Å². The molecule has 1 aromatic heterocycles. The van der Waals surface area contributed by atoms with Crippen LogP contribution >= 0.6 is 11.6 Å². The lowest BCUT2D eigenvalue weighted by atomic mass is 10.1. The Labute approximate surface area is 134 Å². The van der Waals surface area contributed by atoms with Crippen LogP contribution in [0.4, 0.5) is 0 Å². The van der Waals surface area contributed by atoms with Crippen LogP contribution in [0.3, 0.4) is 0 Å². The van der Waals surface area contributed by atoms with E-state index < -0.39 is 17.6 Å². The summed E-state index contributed by atoms with van der Waals surface area (Å²) in [5, 5.41) is 1.79. The molecule has 0 N–H and O–H groups in total. The smallest absolute Gasteiger partial charge is 0.329 e. The van der Waals surface area contributed by atoms with Crippen LogP contribution < -0.4 is 5.56 Å². The summed E-state index contributed by atoms with van der Waals surface area (Å²) in [6, 6.07) is 6.31. The van der Waals surface area contributed by atoms with Crippen LogP contribution in [0.1, 0.15) is 40.2 Å². The van der Waals surface area contributed by atoms with Gasteiger partial charge in [-0.15, -0.1) is 0 Å². The number of fused-ring (bicyclic) bond motifs is 1. The molecule has 2 rings (SSSR count). The van der Waals surface area contributed by atoms with Gasteiger partial charge in [0.2, 0.25) is 0 Å². The number of ether oxygens (including phenoxy) is 1. The molecule has 0 bridgehead atoms. The predicted octanol–water partition coefficient (Wildman–Crippen LogP) is 3.95. The van der Waals surface area contributed by atoms with E-state index in [0.717, 1.165) is 5.39 Å². The highest BCUT2D eigenvalue weighted by molar-refractivity contribution is 6.31. The number of aromatic nitrogens is 1. The van der Waals surface area contributed by atoms with Gasteiger partial charge in [0.25, 0.3) is 5.56 Å². The van der Waals surface area contributed by atoms with Gasteiger partial charge in [-0.25, -0.2) is 4.79 Å². The van der Waals surface area contributed by atoms with Gasteiger partial charge >= 0.3 is 5.97 Å². The van der Waals surface area contributed by atoms with Crippen LogP contribution in [0.25, 0.3) is 10.8 Å². The molecule has 0 aliphatic rings. The number of halogens is 1. The minimum Gasteiger partial charge on any atom is -0.458 e. The molecule has 0 unspecified atom stereocenters. The number of pyridine rings is 1. The Kier molecular flexibility index (Phi) is 4.61. The first-order valence-electron chi connectivity index (χ1n) is 7.26. The number of rotatable bonds is 3. The molecule has 118 valence electrons. The summed E-state index contributed by atoms with van der Waals surface area (Å²) in [6.45, 7) is 7.27. The highest BCUT2D eigenvalue weighted by Gasteiger charge is 2.26. The summed E-state index contributed by atoms with van der Waals surface area (Å²) in [7, 11) is 0. The second-order valence-corrected chi connectivity index (χ2v) is 6.65. The number of carbonyl (C=O) groups excluding carboxylic acids is 1. The maximum Gasteiger partial charge on any atom is 0.329 e. The van der Waals surface area contributed by atoms with Crippen LogP contribution in [0.15, 0.2) is 35.3 Å². The molecular formula is C17H20ClNO3. The first-order chi connectivity index (χ1) is 10.2. The third kappa shape index (κ3) is 3.50. The van der Waals surface area contributed by atoms with E-state index in [0.29, 0.717) is 16.8 Å². The Hall–Kier alpha value is -1.81. The van der Waals surface area contributed by atoms with Gasteiger partial charge in [0, 0.05) is 16.6 Å². The van der Waals surface area contributed by atoms with Gasteiger partial charge in [0.1, 0.15) is 11.6 Å². The van der Waals surface area contributed by atoms with Crippen molar-refractivity contribution in [2.75, 3.05) is 0 Å². The lowest BCUT2D eigenvalue weighted by Crippen LogP contribution is -2.34. The van der Waals surface area contributed by atoms with E-state index in [9.17, 15) is 9.59 Å². The Morgan fingerprint density at radius 2 is 2.00 bits per heavy atom. The van der Waals surface area contributed by atoms with Gasteiger partial charge in [-0.3, -0.25) is 4.79 Å². The third-order valence-electron chi connectivity index (χ3n) is 3.30. The molecule has 2 aromatic rings. The summed E-state index contributed by atoms with van der Waals surface area (Å²) in [5.41, 5.74) is -0.827. The van der Waals surface area contributed by atoms with Crippen molar-refractivity contribution < 1.29 is 9.53 Å². The van der Waals surface area contributed by atoms with Crippen molar-refractivity contribution in [3.63, 3.8) is 0 Å². The second-order valence-electron chi connectivity index (χ2n) is 6.22. The third-order valence-corrected chi connectivity index (χ3v) is 3.53. The average molecular weight is 322 g/mol. The van der Waals surface area contributed by atoms with Crippen LogP contribution in [-0.4, -0.2) is 16.1 Å². The Morgan fingerprint density at radius 3 is 2.59 bits per heavy atom. The molecule has 0 saturated heterocycles. The Bertz CT molecular complexity index is 759. The highest BCUT2D eigenvalue weighted by Crippen LogP contribution is 2.20. The molecule has 0 aliphatic heterocycles. The van der Waals surface area contributed by atoms with Crippen LogP contribution in [0.5, 0.6) is 0 Å². The van der Waals surface area contributed by atoms with Crippen molar-refractivity contribution in [1.29, 1.82) is 0 Å². The molecule has 5 heteroatoms. The Morgan fingerprint density at radius 1 is 1.32 bits per heavy atom. The predicted molar refractivity (Wildman–Crippen MR) is 88.4 cm³/mol. The molecular weight excluding hydrogens is 302 g/mol. The van der Waals surface area contributed by atoms with Gasteiger partial charge in [-0.2, -0.15) is 0 Å². The lowest BCUT2D eigenvalue weighted by molar-refractivity contribution is -0.159. The molecule has 22 heavy (non-hydrogen) atoms. The normalized spacial score (nSPS) is 13.1. The molecule has 0 fully saturated rings. The number of hydrogen-bond donors (Lipinski definition) is 0. The fourth-order valence-electron chi connectivity index (χ4n) is 2.32. The summed E-state index contributed by atoms with van der Waals surface area (Å²) in [5.74, 6) is -0.404. The van der Waals surface area contributed by atoms with Crippen molar-refractivity contribution in [2.24, 2.45) is 0 Å². The first-order valence-corrected chi connectivity index (χ1v) is 7.64. The monoisotopic (exact) mass is 321 g/mol.